The topological polar surface area (TPSA) is 30.7 Å². The second-order valence-electron chi connectivity index (χ2n) is 4.19. The van der Waals surface area contributed by atoms with E-state index in [0.29, 0.717) is 0 Å². The number of hydrogen-bond donors (Lipinski definition) is 1. The number of unbranched alkanes of at least 4 members (excludes halogenated alkanes) is 4. The van der Waals surface area contributed by atoms with Crippen molar-refractivity contribution in [2.75, 3.05) is 5.75 Å². The van der Waals surface area contributed by atoms with Gasteiger partial charge in [-0.2, -0.15) is 12.6 Å². The molecule has 0 saturated heterocycles. The molecule has 0 spiro atoms. The maximum absolute atomic E-state index is 4.22. The highest BCUT2D eigenvalue weighted by Crippen LogP contribution is 2.07. The van der Waals surface area contributed by atoms with Crippen molar-refractivity contribution in [3.05, 3.63) is 11.9 Å². The molecule has 0 atom stereocenters. The molecule has 1 aromatic heterocycles. The molecule has 1 heterocycles. The summed E-state index contributed by atoms with van der Waals surface area (Å²) < 4.78 is 2.07. The van der Waals surface area contributed by atoms with Gasteiger partial charge in [-0.15, -0.1) is 5.10 Å². The molecule has 0 radical (unpaired) electrons. The summed E-state index contributed by atoms with van der Waals surface area (Å²) in [7, 11) is 0. The third kappa shape index (κ3) is 5.01. The first-order chi connectivity index (χ1) is 7.88. The van der Waals surface area contributed by atoms with Crippen LogP contribution in [0.15, 0.2) is 6.20 Å². The molecule has 0 aliphatic heterocycles. The fraction of sp³-hybridized carbons (Fsp3) is 0.833. The lowest BCUT2D eigenvalue weighted by Crippen LogP contribution is -2.05. The van der Waals surface area contributed by atoms with E-state index in [9.17, 15) is 0 Å². The highest BCUT2D eigenvalue weighted by molar-refractivity contribution is 7.80. The smallest absolute Gasteiger partial charge is 0.0725 e. The van der Waals surface area contributed by atoms with Crippen molar-refractivity contribution < 1.29 is 0 Å². The van der Waals surface area contributed by atoms with Crippen molar-refractivity contribution in [1.29, 1.82) is 0 Å². The quantitative estimate of drug-likeness (QED) is 0.532. The van der Waals surface area contributed by atoms with Gasteiger partial charge >= 0.3 is 0 Å². The molecule has 0 fully saturated rings. The molecule has 1 rings (SSSR count). The summed E-state index contributed by atoms with van der Waals surface area (Å²) in [6.45, 7) is 3.25. The van der Waals surface area contributed by atoms with Gasteiger partial charge in [-0.3, -0.25) is 0 Å². The van der Waals surface area contributed by atoms with E-state index in [1.54, 1.807) is 0 Å². The van der Waals surface area contributed by atoms with Crippen molar-refractivity contribution in [2.45, 2.75) is 58.4 Å². The molecule has 92 valence electrons. The zero-order valence-corrected chi connectivity index (χ0v) is 11.1. The second kappa shape index (κ2) is 8.62. The lowest BCUT2D eigenvalue weighted by molar-refractivity contribution is 0.514. The highest BCUT2D eigenvalue weighted by Gasteiger charge is 2.02. The van der Waals surface area contributed by atoms with Crippen LogP contribution in [0.3, 0.4) is 0 Å². The van der Waals surface area contributed by atoms with E-state index in [2.05, 4.69) is 34.5 Å². The van der Waals surface area contributed by atoms with Gasteiger partial charge in [0.15, 0.2) is 0 Å². The van der Waals surface area contributed by atoms with Gasteiger partial charge in [-0.05, 0) is 31.4 Å². The molecule has 0 aromatic carbocycles. The maximum Gasteiger partial charge on any atom is 0.0725 e. The molecule has 3 nitrogen and oxygen atoms in total. The fourth-order valence-electron chi connectivity index (χ4n) is 1.77. The van der Waals surface area contributed by atoms with Crippen LogP contribution in [0.2, 0.25) is 0 Å². The summed E-state index contributed by atoms with van der Waals surface area (Å²) in [5.74, 6) is 0.994. The molecular weight excluding hydrogens is 218 g/mol. The van der Waals surface area contributed by atoms with E-state index in [-0.39, 0.29) is 0 Å². The van der Waals surface area contributed by atoms with E-state index in [1.807, 2.05) is 6.20 Å². The van der Waals surface area contributed by atoms with Crippen LogP contribution >= 0.6 is 12.6 Å². The van der Waals surface area contributed by atoms with Gasteiger partial charge < -0.3 is 0 Å². The minimum Gasteiger partial charge on any atom is -0.249 e. The van der Waals surface area contributed by atoms with E-state index < -0.39 is 0 Å². The van der Waals surface area contributed by atoms with Gasteiger partial charge in [0.05, 0.1) is 11.9 Å². The minimum absolute atomic E-state index is 0.994. The predicted octanol–water partition coefficient (Wildman–Crippen LogP) is 3.11. The lowest BCUT2D eigenvalue weighted by atomic mass is 10.1. The largest absolute Gasteiger partial charge is 0.249 e. The Morgan fingerprint density at radius 2 is 2.06 bits per heavy atom. The van der Waals surface area contributed by atoms with E-state index in [4.69, 9.17) is 0 Å². The third-order valence-corrected chi connectivity index (χ3v) is 3.08. The summed E-state index contributed by atoms with van der Waals surface area (Å²) in [6.07, 6.45) is 10.4. The first kappa shape index (κ1) is 13.6. The Kier molecular flexibility index (Phi) is 7.30. The van der Waals surface area contributed by atoms with Crippen LogP contribution in [0.25, 0.3) is 0 Å². The maximum atomic E-state index is 4.22. The average Bonchev–Trinajstić information content (AvgIpc) is 2.73. The van der Waals surface area contributed by atoms with Crippen LogP contribution in [-0.4, -0.2) is 20.7 Å². The Morgan fingerprint density at radius 3 is 2.81 bits per heavy atom. The molecule has 4 heteroatoms. The Hall–Kier alpha value is -0.510. The second-order valence-corrected chi connectivity index (χ2v) is 4.64. The summed E-state index contributed by atoms with van der Waals surface area (Å²) in [6, 6.07) is 0. The molecule has 0 unspecified atom stereocenters. The van der Waals surface area contributed by atoms with E-state index in [1.165, 1.54) is 44.2 Å². The summed E-state index contributed by atoms with van der Waals surface area (Å²) in [4.78, 5) is 0. The first-order valence-corrected chi connectivity index (χ1v) is 7.00. The molecule has 0 aliphatic rings. The van der Waals surface area contributed by atoms with Gasteiger partial charge in [0.1, 0.15) is 0 Å². The summed E-state index contributed by atoms with van der Waals surface area (Å²) >= 11 is 4.22. The minimum atomic E-state index is 0.994. The van der Waals surface area contributed by atoms with Crippen molar-refractivity contribution in [3.63, 3.8) is 0 Å². The number of nitrogens with zero attached hydrogens (tertiary/aromatic N) is 3. The van der Waals surface area contributed by atoms with E-state index >= 15 is 0 Å². The van der Waals surface area contributed by atoms with Crippen molar-refractivity contribution in [2.24, 2.45) is 0 Å². The Bertz CT molecular complexity index is 273. The number of aryl methyl sites for hydroxylation is 2. The number of aromatic nitrogens is 3. The van der Waals surface area contributed by atoms with Crippen LogP contribution in [0.5, 0.6) is 0 Å². The Morgan fingerprint density at radius 1 is 1.19 bits per heavy atom. The molecule has 0 bridgehead atoms. The van der Waals surface area contributed by atoms with Gasteiger partial charge in [-0.1, -0.05) is 31.4 Å². The van der Waals surface area contributed by atoms with Crippen LogP contribution in [-0.2, 0) is 13.0 Å². The molecule has 16 heavy (non-hydrogen) atoms. The van der Waals surface area contributed by atoms with Crippen LogP contribution in [0.1, 0.15) is 51.1 Å². The normalized spacial score (nSPS) is 10.9. The number of thiol groups is 1. The van der Waals surface area contributed by atoms with Gasteiger partial charge in [0.2, 0.25) is 0 Å². The van der Waals surface area contributed by atoms with Gasteiger partial charge in [0.25, 0.3) is 0 Å². The average molecular weight is 241 g/mol. The molecule has 0 N–H and O–H groups in total. The first-order valence-electron chi connectivity index (χ1n) is 6.36. The van der Waals surface area contributed by atoms with Crippen molar-refractivity contribution in [3.8, 4) is 0 Å². The van der Waals surface area contributed by atoms with Gasteiger partial charge in [0, 0.05) is 6.54 Å². The summed E-state index contributed by atoms with van der Waals surface area (Å²) in [5, 5.41) is 8.14. The molecular formula is C12H23N3S. The highest BCUT2D eigenvalue weighted by atomic mass is 32.1. The summed E-state index contributed by atoms with van der Waals surface area (Å²) in [5.41, 5.74) is 1.29. The number of hydrogen-bond acceptors (Lipinski definition) is 3. The third-order valence-electron chi connectivity index (χ3n) is 2.76. The Labute approximate surface area is 104 Å². The van der Waals surface area contributed by atoms with Gasteiger partial charge in [-0.25, -0.2) is 4.68 Å². The zero-order valence-electron chi connectivity index (χ0n) is 10.2. The monoisotopic (exact) mass is 241 g/mol. The zero-order chi connectivity index (χ0) is 11.6. The van der Waals surface area contributed by atoms with Crippen LogP contribution < -0.4 is 0 Å². The lowest BCUT2D eigenvalue weighted by Gasteiger charge is -2.05. The molecule has 0 saturated carbocycles. The SMILES string of the molecule is CCCCCn1nncc1CCCCCS. The van der Waals surface area contributed by atoms with Crippen LogP contribution in [0.4, 0.5) is 0 Å². The molecule has 0 amide bonds. The molecule has 0 aliphatic carbocycles. The van der Waals surface area contributed by atoms with Crippen LogP contribution in [0, 0.1) is 0 Å². The van der Waals surface area contributed by atoms with E-state index in [0.717, 1.165) is 18.7 Å². The fourth-order valence-corrected chi connectivity index (χ4v) is 1.99. The van der Waals surface area contributed by atoms with Crippen molar-refractivity contribution >= 4 is 12.6 Å². The number of rotatable bonds is 9. The molecule has 1 aromatic rings. The Balaban J connectivity index is 2.26. The van der Waals surface area contributed by atoms with Crippen molar-refractivity contribution in [1.82, 2.24) is 15.0 Å². The standard InChI is InChI=1S/C12H23N3S/c1-2-3-6-9-15-12(11-13-14-15)8-5-4-7-10-16/h11,16H,2-10H2,1H3. The predicted molar refractivity (Wildman–Crippen MR) is 71.0 cm³/mol.